The van der Waals surface area contributed by atoms with Gasteiger partial charge in [-0.3, -0.25) is 9.59 Å². The highest BCUT2D eigenvalue weighted by molar-refractivity contribution is 7.10. The van der Waals surface area contributed by atoms with Gasteiger partial charge in [-0.25, -0.2) is 0 Å². The van der Waals surface area contributed by atoms with Gasteiger partial charge in [0.2, 0.25) is 0 Å². The molecule has 1 N–H and O–H groups in total. The van der Waals surface area contributed by atoms with E-state index < -0.39 is 17.9 Å². The van der Waals surface area contributed by atoms with Crippen molar-refractivity contribution in [1.29, 1.82) is 0 Å². The van der Waals surface area contributed by atoms with Gasteiger partial charge in [-0.05, 0) is 35.9 Å². The van der Waals surface area contributed by atoms with E-state index in [4.69, 9.17) is 0 Å². The third-order valence-corrected chi connectivity index (χ3v) is 5.36. The molecule has 1 aromatic heterocycles. The van der Waals surface area contributed by atoms with Crippen LogP contribution < -0.4 is 0 Å². The van der Waals surface area contributed by atoms with Gasteiger partial charge in [0.05, 0.1) is 6.04 Å². The van der Waals surface area contributed by atoms with E-state index in [1.54, 1.807) is 24.3 Å². The fourth-order valence-corrected chi connectivity index (χ4v) is 4.19. The fourth-order valence-electron chi connectivity index (χ4n) is 3.33. The number of rotatable bonds is 3. The lowest BCUT2D eigenvalue weighted by Gasteiger charge is -2.40. The van der Waals surface area contributed by atoms with E-state index in [0.717, 1.165) is 17.7 Å². The number of fused-ring (bicyclic) bond motifs is 1. The molecule has 22 heavy (non-hydrogen) atoms. The summed E-state index contributed by atoms with van der Waals surface area (Å²) in [7, 11) is 0. The van der Waals surface area contributed by atoms with Crippen molar-refractivity contribution in [2.75, 3.05) is 0 Å². The maximum atomic E-state index is 12.9. The third kappa shape index (κ3) is 1.96. The first kappa shape index (κ1) is 13.5. The summed E-state index contributed by atoms with van der Waals surface area (Å²) in [6, 6.07) is 10.7. The molecule has 1 aliphatic carbocycles. The molecule has 1 amide bonds. The predicted octanol–water partition coefficient (Wildman–Crippen LogP) is 3.28. The number of amides is 1. The molecule has 2 aliphatic rings. The molecule has 5 heteroatoms. The molecule has 1 aromatic carbocycles. The lowest BCUT2D eigenvalue weighted by atomic mass is 9.82. The van der Waals surface area contributed by atoms with Crippen molar-refractivity contribution in [2.45, 2.75) is 30.8 Å². The van der Waals surface area contributed by atoms with Crippen LogP contribution in [0.15, 0.2) is 41.8 Å². The fraction of sp³-hybridized carbons (Fsp3) is 0.294. The zero-order chi connectivity index (χ0) is 15.3. The van der Waals surface area contributed by atoms with E-state index in [1.807, 2.05) is 22.4 Å². The quantitative estimate of drug-likeness (QED) is 0.946. The molecule has 0 spiro atoms. The number of nitrogens with zero attached hydrogens (tertiary/aromatic N) is 1. The topological polar surface area (TPSA) is 57.6 Å². The van der Waals surface area contributed by atoms with Crippen molar-refractivity contribution in [3.05, 3.63) is 57.8 Å². The summed E-state index contributed by atoms with van der Waals surface area (Å²) in [5.74, 6) is -1.61. The van der Waals surface area contributed by atoms with Crippen LogP contribution in [-0.4, -0.2) is 27.9 Å². The molecule has 2 heterocycles. The normalized spacial score (nSPS) is 24.2. The second-order valence-corrected chi connectivity index (χ2v) is 6.79. The summed E-state index contributed by atoms with van der Waals surface area (Å²) >= 11 is 1.52. The van der Waals surface area contributed by atoms with Gasteiger partial charge in [-0.2, -0.15) is 0 Å². The van der Waals surface area contributed by atoms with Crippen molar-refractivity contribution in [1.82, 2.24) is 4.90 Å². The number of carboxylic acid groups (broad SMARTS) is 1. The maximum absolute atomic E-state index is 12.9. The minimum atomic E-state index is -0.871. The maximum Gasteiger partial charge on any atom is 0.313 e. The first-order valence-corrected chi connectivity index (χ1v) is 8.24. The molecule has 4 rings (SSSR count). The van der Waals surface area contributed by atoms with Crippen LogP contribution in [0.1, 0.15) is 45.6 Å². The van der Waals surface area contributed by atoms with Crippen LogP contribution in [-0.2, 0) is 4.79 Å². The Morgan fingerprint density at radius 1 is 1.18 bits per heavy atom. The standard InChI is InChI=1S/C17H15NO3S/c19-16-12-5-2-1-4-11(12)14(17(20)21)15(13-6-3-9-22-13)18(16)10-7-8-10/h1-6,9-10,14-15H,7-8H2,(H,20,21). The number of carbonyl (C=O) groups excluding carboxylic acids is 1. The Kier molecular flexibility index (Phi) is 3.04. The number of hydrogen-bond acceptors (Lipinski definition) is 3. The number of thiophene rings is 1. The van der Waals surface area contributed by atoms with Crippen LogP contribution in [0.25, 0.3) is 0 Å². The lowest BCUT2D eigenvalue weighted by molar-refractivity contribution is -0.140. The monoisotopic (exact) mass is 313 g/mol. The van der Waals surface area contributed by atoms with Crippen molar-refractivity contribution in [3.63, 3.8) is 0 Å². The summed E-state index contributed by atoms with van der Waals surface area (Å²) in [4.78, 5) is 27.7. The van der Waals surface area contributed by atoms with Gasteiger partial charge in [0.15, 0.2) is 0 Å². The summed E-state index contributed by atoms with van der Waals surface area (Å²) in [5.41, 5.74) is 1.17. The van der Waals surface area contributed by atoms with Crippen molar-refractivity contribution >= 4 is 23.2 Å². The Morgan fingerprint density at radius 2 is 1.95 bits per heavy atom. The zero-order valence-corrected chi connectivity index (χ0v) is 12.6. The summed E-state index contributed by atoms with van der Waals surface area (Å²) in [5, 5.41) is 11.8. The summed E-state index contributed by atoms with van der Waals surface area (Å²) in [6.07, 6.45) is 1.92. The van der Waals surface area contributed by atoms with Crippen LogP contribution in [0, 0.1) is 0 Å². The van der Waals surface area contributed by atoms with Crippen LogP contribution in [0.5, 0.6) is 0 Å². The van der Waals surface area contributed by atoms with E-state index in [1.165, 1.54) is 11.3 Å². The van der Waals surface area contributed by atoms with Crippen molar-refractivity contribution in [2.24, 2.45) is 0 Å². The molecule has 2 atom stereocenters. The highest BCUT2D eigenvalue weighted by Gasteiger charge is 2.49. The summed E-state index contributed by atoms with van der Waals surface area (Å²) in [6.45, 7) is 0. The number of benzene rings is 1. The first-order valence-electron chi connectivity index (χ1n) is 7.36. The summed E-state index contributed by atoms with van der Waals surface area (Å²) < 4.78 is 0. The van der Waals surface area contributed by atoms with Gasteiger partial charge >= 0.3 is 5.97 Å². The van der Waals surface area contributed by atoms with Crippen LogP contribution in [0.4, 0.5) is 0 Å². The van der Waals surface area contributed by atoms with Gasteiger partial charge in [-0.1, -0.05) is 24.3 Å². The number of carbonyl (C=O) groups is 2. The molecule has 1 fully saturated rings. The molecule has 4 nitrogen and oxygen atoms in total. The average Bonchev–Trinajstić information content (AvgIpc) is 3.20. The minimum absolute atomic E-state index is 0.0333. The number of carboxylic acids is 1. The zero-order valence-electron chi connectivity index (χ0n) is 11.8. The van der Waals surface area contributed by atoms with Crippen molar-refractivity contribution in [3.8, 4) is 0 Å². The molecule has 1 aliphatic heterocycles. The van der Waals surface area contributed by atoms with Gasteiger partial charge in [-0.15, -0.1) is 11.3 Å². The highest BCUT2D eigenvalue weighted by Crippen LogP contribution is 2.48. The predicted molar refractivity (Wildman–Crippen MR) is 83.1 cm³/mol. The molecule has 0 radical (unpaired) electrons. The Hall–Kier alpha value is -2.14. The Labute approximate surface area is 132 Å². The van der Waals surface area contributed by atoms with Crippen molar-refractivity contribution < 1.29 is 14.7 Å². The van der Waals surface area contributed by atoms with Gasteiger partial charge in [0, 0.05) is 16.5 Å². The van der Waals surface area contributed by atoms with E-state index in [0.29, 0.717) is 11.1 Å². The average molecular weight is 313 g/mol. The number of aliphatic carboxylic acids is 1. The Morgan fingerprint density at radius 3 is 2.59 bits per heavy atom. The smallest absolute Gasteiger partial charge is 0.313 e. The Bertz CT molecular complexity index is 736. The number of hydrogen-bond donors (Lipinski definition) is 1. The van der Waals surface area contributed by atoms with Gasteiger partial charge in [0.1, 0.15) is 5.92 Å². The second-order valence-electron chi connectivity index (χ2n) is 5.81. The van der Waals surface area contributed by atoms with E-state index in [9.17, 15) is 14.7 Å². The SMILES string of the molecule is O=C(O)C1c2ccccc2C(=O)N(C2CC2)C1c1cccs1. The third-order valence-electron chi connectivity index (χ3n) is 4.42. The Balaban J connectivity index is 1.93. The molecular weight excluding hydrogens is 298 g/mol. The van der Waals surface area contributed by atoms with Gasteiger partial charge in [0.25, 0.3) is 5.91 Å². The van der Waals surface area contributed by atoms with E-state index >= 15 is 0 Å². The van der Waals surface area contributed by atoms with Gasteiger partial charge < -0.3 is 10.0 Å². The first-order chi connectivity index (χ1) is 10.7. The second kappa shape index (κ2) is 4.95. The lowest BCUT2D eigenvalue weighted by Crippen LogP contribution is -2.45. The largest absolute Gasteiger partial charge is 0.481 e. The minimum Gasteiger partial charge on any atom is -0.481 e. The molecule has 0 bridgehead atoms. The molecule has 2 aromatic rings. The highest BCUT2D eigenvalue weighted by atomic mass is 32.1. The molecule has 0 saturated heterocycles. The molecule has 112 valence electrons. The molecular formula is C17H15NO3S. The van der Waals surface area contributed by atoms with E-state index in [-0.39, 0.29) is 11.9 Å². The molecule has 1 saturated carbocycles. The van der Waals surface area contributed by atoms with Crippen LogP contribution in [0.2, 0.25) is 0 Å². The van der Waals surface area contributed by atoms with E-state index in [2.05, 4.69) is 0 Å². The van der Waals surface area contributed by atoms with Crippen LogP contribution >= 0.6 is 11.3 Å². The molecule has 2 unspecified atom stereocenters. The van der Waals surface area contributed by atoms with Crippen LogP contribution in [0.3, 0.4) is 0 Å².